The van der Waals surface area contributed by atoms with Crippen molar-refractivity contribution in [2.45, 2.75) is 39.2 Å². The Balaban J connectivity index is 3.12. The lowest BCUT2D eigenvalue weighted by molar-refractivity contribution is 0.0915. The lowest BCUT2D eigenvalue weighted by Crippen LogP contribution is -2.56. The van der Waals surface area contributed by atoms with E-state index in [9.17, 15) is 9.90 Å². The Kier molecular flexibility index (Phi) is 4.96. The second-order valence-electron chi connectivity index (χ2n) is 4.75. The first kappa shape index (κ1) is 15.8. The van der Waals surface area contributed by atoms with Crippen molar-refractivity contribution in [3.8, 4) is 5.75 Å². The molecule has 0 heterocycles. The molecule has 0 saturated carbocycles. The van der Waals surface area contributed by atoms with Gasteiger partial charge in [0.1, 0.15) is 11.3 Å². The third-order valence-electron chi connectivity index (χ3n) is 3.55. The SMILES string of the molecule is CCC(CC)(NC(=O)c1cc(C)ccc1O)/C(N)=N/O. The fourth-order valence-electron chi connectivity index (χ4n) is 2.07. The molecular weight excluding hydrogens is 258 g/mol. The lowest BCUT2D eigenvalue weighted by atomic mass is 9.91. The van der Waals surface area contributed by atoms with Crippen molar-refractivity contribution in [2.75, 3.05) is 0 Å². The number of benzene rings is 1. The van der Waals surface area contributed by atoms with E-state index in [1.54, 1.807) is 12.1 Å². The predicted molar refractivity (Wildman–Crippen MR) is 77.0 cm³/mol. The van der Waals surface area contributed by atoms with E-state index in [1.807, 2.05) is 20.8 Å². The van der Waals surface area contributed by atoms with Crippen LogP contribution in [0.3, 0.4) is 0 Å². The van der Waals surface area contributed by atoms with Crippen LogP contribution < -0.4 is 11.1 Å². The topological polar surface area (TPSA) is 108 Å². The molecular formula is C14H21N3O3. The second kappa shape index (κ2) is 6.27. The predicted octanol–water partition coefficient (Wildman–Crippen LogP) is 1.74. The summed E-state index contributed by atoms with van der Waals surface area (Å²) in [6, 6.07) is 4.77. The first-order chi connectivity index (χ1) is 9.40. The van der Waals surface area contributed by atoms with E-state index in [-0.39, 0.29) is 17.1 Å². The van der Waals surface area contributed by atoms with Crippen LogP contribution in [0.2, 0.25) is 0 Å². The number of nitrogens with zero attached hydrogens (tertiary/aromatic N) is 1. The van der Waals surface area contributed by atoms with Gasteiger partial charge < -0.3 is 21.4 Å². The Bertz CT molecular complexity index is 522. The van der Waals surface area contributed by atoms with Gasteiger partial charge in [0.25, 0.3) is 5.91 Å². The summed E-state index contributed by atoms with van der Waals surface area (Å²) in [4.78, 5) is 12.3. The van der Waals surface area contributed by atoms with E-state index < -0.39 is 11.4 Å². The molecule has 1 amide bonds. The number of amides is 1. The molecule has 0 radical (unpaired) electrons. The van der Waals surface area contributed by atoms with E-state index >= 15 is 0 Å². The van der Waals surface area contributed by atoms with Crippen molar-refractivity contribution in [1.82, 2.24) is 5.32 Å². The molecule has 0 aliphatic rings. The van der Waals surface area contributed by atoms with E-state index in [0.29, 0.717) is 12.8 Å². The highest BCUT2D eigenvalue weighted by molar-refractivity contribution is 6.01. The molecule has 6 nitrogen and oxygen atoms in total. The van der Waals surface area contributed by atoms with Crippen LogP contribution >= 0.6 is 0 Å². The van der Waals surface area contributed by atoms with Crippen molar-refractivity contribution >= 4 is 11.7 Å². The third kappa shape index (κ3) is 3.01. The molecule has 1 aromatic carbocycles. The Hall–Kier alpha value is -2.24. The standard InChI is InChI=1S/C14H21N3O3/c1-4-14(5-2,13(15)17-20)16-12(19)10-8-9(3)6-7-11(10)18/h6-8,18,20H,4-5H2,1-3H3,(H2,15,17)(H,16,19). The van der Waals surface area contributed by atoms with Crippen molar-refractivity contribution in [3.05, 3.63) is 29.3 Å². The second-order valence-corrected chi connectivity index (χ2v) is 4.75. The molecule has 5 N–H and O–H groups in total. The summed E-state index contributed by atoms with van der Waals surface area (Å²) in [5.41, 5.74) is 5.79. The van der Waals surface area contributed by atoms with Crippen LogP contribution in [-0.4, -0.2) is 27.6 Å². The number of phenols is 1. The zero-order chi connectivity index (χ0) is 15.3. The van der Waals surface area contributed by atoms with Gasteiger partial charge in [0.2, 0.25) is 0 Å². The van der Waals surface area contributed by atoms with Gasteiger partial charge in [-0.15, -0.1) is 0 Å². The zero-order valence-corrected chi connectivity index (χ0v) is 12.0. The third-order valence-corrected chi connectivity index (χ3v) is 3.55. The van der Waals surface area contributed by atoms with Gasteiger partial charge in [-0.05, 0) is 31.9 Å². The number of aryl methyl sites for hydroxylation is 1. The molecule has 0 aromatic heterocycles. The minimum atomic E-state index is -0.929. The average molecular weight is 279 g/mol. The first-order valence-electron chi connectivity index (χ1n) is 6.50. The van der Waals surface area contributed by atoms with Crippen molar-refractivity contribution in [1.29, 1.82) is 0 Å². The number of nitrogens with two attached hydrogens (primary N) is 1. The van der Waals surface area contributed by atoms with Crippen LogP contribution in [-0.2, 0) is 0 Å². The molecule has 0 fully saturated rings. The van der Waals surface area contributed by atoms with E-state index in [2.05, 4.69) is 10.5 Å². The zero-order valence-electron chi connectivity index (χ0n) is 12.0. The summed E-state index contributed by atoms with van der Waals surface area (Å²) in [5.74, 6) is -0.613. The number of carbonyl (C=O) groups is 1. The minimum absolute atomic E-state index is 0.0528. The number of phenolic OH excluding ortho intramolecular Hbond substituents is 1. The van der Waals surface area contributed by atoms with Gasteiger partial charge in [0.15, 0.2) is 5.84 Å². The van der Waals surface area contributed by atoms with Crippen LogP contribution in [0.15, 0.2) is 23.4 Å². The van der Waals surface area contributed by atoms with Crippen LogP contribution in [0, 0.1) is 6.92 Å². The normalized spacial score (nSPS) is 12.2. The van der Waals surface area contributed by atoms with E-state index in [1.165, 1.54) is 6.07 Å². The molecule has 20 heavy (non-hydrogen) atoms. The van der Waals surface area contributed by atoms with Gasteiger partial charge in [-0.3, -0.25) is 4.79 Å². The lowest BCUT2D eigenvalue weighted by Gasteiger charge is -2.31. The Labute approximate surface area is 118 Å². The van der Waals surface area contributed by atoms with Gasteiger partial charge in [-0.1, -0.05) is 30.6 Å². The maximum Gasteiger partial charge on any atom is 0.255 e. The van der Waals surface area contributed by atoms with Crippen molar-refractivity contribution in [2.24, 2.45) is 10.9 Å². The summed E-state index contributed by atoms with van der Waals surface area (Å²) >= 11 is 0. The largest absolute Gasteiger partial charge is 0.507 e. The summed E-state index contributed by atoms with van der Waals surface area (Å²) in [6.45, 7) is 5.49. The number of rotatable bonds is 5. The highest BCUT2D eigenvalue weighted by atomic mass is 16.4. The summed E-state index contributed by atoms with van der Waals surface area (Å²) in [5, 5.41) is 24.4. The fourth-order valence-corrected chi connectivity index (χ4v) is 2.07. The fraction of sp³-hybridized carbons (Fsp3) is 0.429. The first-order valence-corrected chi connectivity index (χ1v) is 6.50. The van der Waals surface area contributed by atoms with E-state index in [0.717, 1.165) is 5.56 Å². The quantitative estimate of drug-likeness (QED) is 0.285. The Morgan fingerprint density at radius 3 is 2.50 bits per heavy atom. The van der Waals surface area contributed by atoms with Crippen LogP contribution in [0.25, 0.3) is 0 Å². The number of aromatic hydroxyl groups is 1. The number of oxime groups is 1. The highest BCUT2D eigenvalue weighted by Crippen LogP contribution is 2.21. The monoisotopic (exact) mass is 279 g/mol. The molecule has 1 rings (SSSR count). The van der Waals surface area contributed by atoms with Gasteiger partial charge in [0.05, 0.1) is 5.56 Å². The summed E-state index contributed by atoms with van der Waals surface area (Å²) in [7, 11) is 0. The number of carbonyl (C=O) groups excluding carboxylic acids is 1. The van der Waals surface area contributed by atoms with Gasteiger partial charge in [0, 0.05) is 0 Å². The molecule has 0 atom stereocenters. The van der Waals surface area contributed by atoms with Crippen LogP contribution in [0.1, 0.15) is 42.6 Å². The van der Waals surface area contributed by atoms with Crippen LogP contribution in [0.5, 0.6) is 5.75 Å². The Morgan fingerprint density at radius 1 is 1.40 bits per heavy atom. The molecule has 0 unspecified atom stereocenters. The highest BCUT2D eigenvalue weighted by Gasteiger charge is 2.34. The molecule has 0 saturated heterocycles. The summed E-state index contributed by atoms with van der Waals surface area (Å²) < 4.78 is 0. The molecule has 0 aliphatic heterocycles. The van der Waals surface area contributed by atoms with Gasteiger partial charge in [-0.25, -0.2) is 0 Å². The van der Waals surface area contributed by atoms with Gasteiger partial charge in [-0.2, -0.15) is 0 Å². The van der Waals surface area contributed by atoms with E-state index in [4.69, 9.17) is 10.9 Å². The molecule has 0 aliphatic carbocycles. The maximum absolute atomic E-state index is 12.3. The molecule has 110 valence electrons. The molecule has 0 bridgehead atoms. The number of amidine groups is 1. The average Bonchev–Trinajstić information content (AvgIpc) is 2.46. The molecule has 6 heteroatoms. The maximum atomic E-state index is 12.3. The van der Waals surface area contributed by atoms with Crippen molar-refractivity contribution in [3.63, 3.8) is 0 Å². The summed E-state index contributed by atoms with van der Waals surface area (Å²) in [6.07, 6.45) is 0.940. The molecule has 0 spiro atoms. The molecule has 1 aromatic rings. The van der Waals surface area contributed by atoms with Gasteiger partial charge >= 0.3 is 0 Å². The Morgan fingerprint density at radius 2 is 2.00 bits per heavy atom. The number of hydrogen-bond acceptors (Lipinski definition) is 4. The smallest absolute Gasteiger partial charge is 0.255 e. The van der Waals surface area contributed by atoms with Crippen molar-refractivity contribution < 1.29 is 15.1 Å². The minimum Gasteiger partial charge on any atom is -0.507 e. The van der Waals surface area contributed by atoms with Crippen LogP contribution in [0.4, 0.5) is 0 Å². The number of hydrogen-bond donors (Lipinski definition) is 4. The number of nitrogens with one attached hydrogen (secondary N) is 1.